The van der Waals surface area contributed by atoms with E-state index < -0.39 is 0 Å². The van der Waals surface area contributed by atoms with Crippen molar-refractivity contribution in [2.45, 2.75) is 40.2 Å². The summed E-state index contributed by atoms with van der Waals surface area (Å²) in [5.74, 6) is 1.73. The molecule has 0 amide bonds. The number of benzene rings is 1. The molecule has 0 radical (unpaired) electrons. The third kappa shape index (κ3) is 3.94. The van der Waals surface area contributed by atoms with E-state index in [0.29, 0.717) is 5.15 Å². The van der Waals surface area contributed by atoms with Crippen LogP contribution in [0.15, 0.2) is 24.3 Å². The van der Waals surface area contributed by atoms with Crippen LogP contribution >= 0.6 is 11.6 Å². The highest BCUT2D eigenvalue weighted by Crippen LogP contribution is 2.24. The van der Waals surface area contributed by atoms with Crippen molar-refractivity contribution >= 4 is 17.4 Å². The summed E-state index contributed by atoms with van der Waals surface area (Å²) in [5, 5.41) is 0.555. The third-order valence-corrected chi connectivity index (χ3v) is 3.85. The van der Waals surface area contributed by atoms with Crippen molar-refractivity contribution in [3.63, 3.8) is 0 Å². The first-order chi connectivity index (χ1) is 10.0. The summed E-state index contributed by atoms with van der Waals surface area (Å²) in [4.78, 5) is 11.2. The van der Waals surface area contributed by atoms with Crippen molar-refractivity contribution in [1.82, 2.24) is 9.97 Å². The van der Waals surface area contributed by atoms with Gasteiger partial charge in [0.1, 0.15) is 16.8 Å². The van der Waals surface area contributed by atoms with Gasteiger partial charge in [-0.25, -0.2) is 9.97 Å². The number of anilines is 1. The summed E-state index contributed by atoms with van der Waals surface area (Å²) >= 11 is 6.24. The molecule has 2 rings (SSSR count). The molecule has 0 saturated carbocycles. The van der Waals surface area contributed by atoms with E-state index in [1.54, 1.807) is 0 Å². The lowest BCUT2D eigenvalue weighted by atomic mass is 10.1. The van der Waals surface area contributed by atoms with Gasteiger partial charge in [0, 0.05) is 25.6 Å². The summed E-state index contributed by atoms with van der Waals surface area (Å²) in [7, 11) is 2.04. The molecule has 1 aromatic carbocycles. The van der Waals surface area contributed by atoms with Crippen LogP contribution < -0.4 is 4.90 Å². The summed E-state index contributed by atoms with van der Waals surface area (Å²) in [6.07, 6.45) is 1.87. The molecule has 0 bridgehead atoms. The monoisotopic (exact) mass is 303 g/mol. The zero-order valence-electron chi connectivity index (χ0n) is 13.2. The average Bonchev–Trinajstić information content (AvgIpc) is 2.45. The van der Waals surface area contributed by atoms with Crippen molar-refractivity contribution < 1.29 is 0 Å². The van der Waals surface area contributed by atoms with Gasteiger partial charge in [-0.05, 0) is 25.8 Å². The molecular weight excluding hydrogens is 282 g/mol. The highest BCUT2D eigenvalue weighted by Gasteiger charge is 2.13. The quantitative estimate of drug-likeness (QED) is 0.770. The molecule has 0 aliphatic rings. The Morgan fingerprint density at radius 2 is 1.76 bits per heavy atom. The fraction of sp³-hybridized carbons (Fsp3) is 0.412. The Hall–Kier alpha value is -1.61. The van der Waals surface area contributed by atoms with E-state index in [2.05, 4.69) is 53.0 Å². The smallest absolute Gasteiger partial charge is 0.137 e. The molecule has 0 saturated heterocycles. The molecule has 2 aromatic rings. The number of nitrogens with zero attached hydrogens (tertiary/aromatic N) is 3. The van der Waals surface area contributed by atoms with E-state index in [9.17, 15) is 0 Å². The van der Waals surface area contributed by atoms with E-state index >= 15 is 0 Å². The van der Waals surface area contributed by atoms with Crippen molar-refractivity contribution in [3.8, 4) is 0 Å². The Morgan fingerprint density at radius 3 is 2.38 bits per heavy atom. The molecule has 0 aliphatic carbocycles. The molecule has 0 unspecified atom stereocenters. The van der Waals surface area contributed by atoms with Crippen molar-refractivity contribution in [3.05, 3.63) is 51.9 Å². The van der Waals surface area contributed by atoms with Crippen LogP contribution in [-0.4, -0.2) is 17.0 Å². The molecule has 1 aromatic heterocycles. The van der Waals surface area contributed by atoms with Crippen LogP contribution in [-0.2, 0) is 13.0 Å². The number of halogens is 1. The van der Waals surface area contributed by atoms with E-state index in [1.807, 2.05) is 14.0 Å². The van der Waals surface area contributed by atoms with Crippen LogP contribution in [0, 0.1) is 13.8 Å². The lowest BCUT2D eigenvalue weighted by molar-refractivity contribution is 0.806. The molecule has 112 valence electrons. The number of hydrogen-bond acceptors (Lipinski definition) is 3. The second-order valence-electron chi connectivity index (χ2n) is 5.47. The molecule has 0 fully saturated rings. The Bertz CT molecular complexity index is 608. The zero-order chi connectivity index (χ0) is 15.4. The molecule has 4 heteroatoms. The first-order valence-electron chi connectivity index (χ1n) is 7.31. The van der Waals surface area contributed by atoms with Crippen LogP contribution in [0.5, 0.6) is 0 Å². The van der Waals surface area contributed by atoms with Crippen LogP contribution in [0.4, 0.5) is 5.82 Å². The highest BCUT2D eigenvalue weighted by molar-refractivity contribution is 6.30. The van der Waals surface area contributed by atoms with Gasteiger partial charge in [0.25, 0.3) is 0 Å². The Kier molecular flexibility index (Phi) is 5.18. The summed E-state index contributed by atoms with van der Waals surface area (Å²) in [6.45, 7) is 6.99. The van der Waals surface area contributed by atoms with Crippen LogP contribution in [0.3, 0.4) is 0 Å². The second-order valence-corrected chi connectivity index (χ2v) is 5.83. The Labute approximate surface area is 132 Å². The fourth-order valence-electron chi connectivity index (χ4n) is 2.27. The van der Waals surface area contributed by atoms with Crippen molar-refractivity contribution in [1.29, 1.82) is 0 Å². The van der Waals surface area contributed by atoms with Crippen molar-refractivity contribution in [2.24, 2.45) is 0 Å². The molecule has 0 atom stereocenters. The first-order valence-corrected chi connectivity index (χ1v) is 7.68. The van der Waals surface area contributed by atoms with E-state index in [0.717, 1.165) is 36.6 Å². The normalized spacial score (nSPS) is 10.7. The summed E-state index contributed by atoms with van der Waals surface area (Å²) in [6, 6.07) is 8.56. The van der Waals surface area contributed by atoms with Gasteiger partial charge in [0.2, 0.25) is 0 Å². The Morgan fingerprint density at radius 1 is 1.10 bits per heavy atom. The van der Waals surface area contributed by atoms with Gasteiger partial charge in [-0.3, -0.25) is 0 Å². The van der Waals surface area contributed by atoms with Crippen LogP contribution in [0.1, 0.15) is 35.9 Å². The highest BCUT2D eigenvalue weighted by atomic mass is 35.5. The zero-order valence-corrected chi connectivity index (χ0v) is 13.9. The van der Waals surface area contributed by atoms with Gasteiger partial charge in [-0.2, -0.15) is 0 Å². The average molecular weight is 304 g/mol. The minimum absolute atomic E-state index is 0.555. The van der Waals surface area contributed by atoms with Crippen LogP contribution in [0.2, 0.25) is 5.15 Å². The molecule has 21 heavy (non-hydrogen) atoms. The lowest BCUT2D eigenvalue weighted by Gasteiger charge is -2.21. The first kappa shape index (κ1) is 15.8. The maximum Gasteiger partial charge on any atom is 0.137 e. The molecule has 0 aliphatic heterocycles. The molecule has 3 nitrogen and oxygen atoms in total. The fourth-order valence-corrected chi connectivity index (χ4v) is 2.45. The van der Waals surface area contributed by atoms with E-state index in [4.69, 9.17) is 11.6 Å². The number of aryl methyl sites for hydroxylation is 2. The number of rotatable bonds is 5. The maximum absolute atomic E-state index is 6.24. The van der Waals surface area contributed by atoms with E-state index in [1.165, 1.54) is 11.1 Å². The van der Waals surface area contributed by atoms with Crippen molar-refractivity contribution in [2.75, 3.05) is 11.9 Å². The minimum atomic E-state index is 0.555. The van der Waals surface area contributed by atoms with Gasteiger partial charge in [-0.15, -0.1) is 0 Å². The topological polar surface area (TPSA) is 29.0 Å². The number of aromatic nitrogens is 2. The maximum atomic E-state index is 6.24. The predicted molar refractivity (Wildman–Crippen MR) is 89.1 cm³/mol. The van der Waals surface area contributed by atoms with Gasteiger partial charge in [0.15, 0.2) is 0 Å². The Balaban J connectivity index is 2.25. The van der Waals surface area contributed by atoms with Crippen LogP contribution in [0.25, 0.3) is 0 Å². The summed E-state index contributed by atoms with van der Waals surface area (Å²) in [5.41, 5.74) is 3.47. The van der Waals surface area contributed by atoms with Gasteiger partial charge in [0.05, 0.1) is 0 Å². The number of hydrogen-bond donors (Lipinski definition) is 0. The minimum Gasteiger partial charge on any atom is -0.355 e. The molecule has 1 heterocycles. The third-order valence-electron chi connectivity index (χ3n) is 3.48. The standard InChI is InChI=1S/C17H22ClN3/c1-5-6-15-19-16(18)13(3)17(20-15)21(4)11-14-9-7-12(2)8-10-14/h7-10H,5-6,11H2,1-4H3. The predicted octanol–water partition coefficient (Wildman–Crippen LogP) is 4.34. The van der Waals surface area contributed by atoms with Gasteiger partial charge < -0.3 is 4.90 Å². The van der Waals surface area contributed by atoms with E-state index in [-0.39, 0.29) is 0 Å². The van der Waals surface area contributed by atoms with Gasteiger partial charge in [-0.1, -0.05) is 48.4 Å². The molecular formula is C17H22ClN3. The molecule has 0 spiro atoms. The molecule has 0 N–H and O–H groups in total. The SMILES string of the molecule is CCCc1nc(Cl)c(C)c(N(C)Cc2ccc(C)cc2)n1. The largest absolute Gasteiger partial charge is 0.355 e. The lowest BCUT2D eigenvalue weighted by Crippen LogP contribution is -2.20. The van der Waals surface area contributed by atoms with Gasteiger partial charge >= 0.3 is 0 Å². The summed E-state index contributed by atoms with van der Waals surface area (Å²) < 4.78 is 0. The second kappa shape index (κ2) is 6.90.